The topological polar surface area (TPSA) is 12.9 Å². The molecule has 0 unspecified atom stereocenters. The molecule has 0 amide bonds. The van der Waals surface area contributed by atoms with Crippen molar-refractivity contribution < 1.29 is 0 Å². The minimum Gasteiger partial charge on any atom is -0.264 e. The van der Waals surface area contributed by atoms with Crippen molar-refractivity contribution in [3.63, 3.8) is 0 Å². The lowest BCUT2D eigenvalue weighted by molar-refractivity contribution is 1.33. The predicted octanol–water partition coefficient (Wildman–Crippen LogP) is 17.3. The molecule has 0 aliphatic rings. The van der Waals surface area contributed by atoms with Gasteiger partial charge in [0.1, 0.15) is 0 Å². The van der Waals surface area contributed by atoms with Crippen LogP contribution in [0.4, 0.5) is 0 Å². The Morgan fingerprint density at radius 2 is 0.453 bits per heavy atom. The van der Waals surface area contributed by atoms with Gasteiger partial charge in [-0.15, -0.1) is 0 Å². The highest BCUT2D eigenvalue weighted by molar-refractivity contribution is 6.32. The highest BCUT2D eigenvalue weighted by atomic mass is 14.6. The predicted molar refractivity (Wildman–Crippen MR) is 271 cm³/mol. The first kappa shape index (κ1) is 37.4. The van der Waals surface area contributed by atoms with Crippen LogP contribution in [0, 0.1) is 0 Å². The fraction of sp³-hybridized carbons (Fsp3) is 0. The monoisotopic (exact) mass is 811 g/mol. The van der Waals surface area contributed by atoms with Gasteiger partial charge in [0.2, 0.25) is 0 Å². The van der Waals surface area contributed by atoms with Gasteiger partial charge in [-0.25, -0.2) is 0 Å². The molecule has 0 atom stereocenters. The van der Waals surface area contributed by atoms with E-state index in [0.717, 1.165) is 11.1 Å². The van der Waals surface area contributed by atoms with Gasteiger partial charge >= 0.3 is 0 Å². The molecule has 1 heteroatoms. The zero-order chi connectivity index (χ0) is 42.4. The number of pyridine rings is 1. The van der Waals surface area contributed by atoms with Crippen LogP contribution in [0.25, 0.3) is 121 Å². The number of nitrogens with zero attached hydrogens (tertiary/aromatic N) is 1. The molecule has 0 bridgehead atoms. The molecule has 0 radical (unpaired) electrons. The summed E-state index contributed by atoms with van der Waals surface area (Å²) in [7, 11) is 0. The van der Waals surface area contributed by atoms with E-state index >= 15 is 0 Å². The quantitative estimate of drug-likeness (QED) is 0.139. The summed E-state index contributed by atoms with van der Waals surface area (Å²) in [5.41, 5.74) is 19.2. The number of rotatable bonds is 8. The van der Waals surface area contributed by atoms with Crippen molar-refractivity contribution >= 4 is 32.3 Å². The first-order chi connectivity index (χ1) is 31.7. The van der Waals surface area contributed by atoms with E-state index in [-0.39, 0.29) is 0 Å². The zero-order valence-electron chi connectivity index (χ0n) is 35.1. The maximum absolute atomic E-state index is 4.39. The molecule has 0 aliphatic carbocycles. The van der Waals surface area contributed by atoms with Gasteiger partial charge < -0.3 is 0 Å². The standard InChI is InChI=1S/C63H41N/c1-4-11-42(12-5-1)45-18-26-49(27-19-45)58-39-59(50-28-20-46(21-29-50)43-13-6-2-7-14-43)55-36-37-57-61(52-32-24-48(25-33-52)53-17-10-38-64-41-53)40-60(56-35-34-54(58)62(55)63(56)57)51-30-22-47(23-31-51)44-15-8-3-9-16-44/h1-41H. The molecule has 12 rings (SSSR count). The minimum atomic E-state index is 1.11. The van der Waals surface area contributed by atoms with E-state index in [9.17, 15) is 0 Å². The summed E-state index contributed by atoms with van der Waals surface area (Å²) in [6.45, 7) is 0. The molecule has 1 nitrogen and oxygen atoms in total. The Hall–Kier alpha value is -8.39. The summed E-state index contributed by atoms with van der Waals surface area (Å²) in [6, 6.07) is 86.8. The molecule has 0 aliphatic heterocycles. The van der Waals surface area contributed by atoms with Gasteiger partial charge in [-0.05, 0) is 140 Å². The van der Waals surface area contributed by atoms with Crippen LogP contribution in [0.2, 0.25) is 0 Å². The smallest absolute Gasteiger partial charge is 0.0346 e. The number of hydrogen-bond donors (Lipinski definition) is 0. The Bertz CT molecular complexity index is 3080. The molecule has 0 N–H and O–H groups in total. The highest BCUT2D eigenvalue weighted by Gasteiger charge is 2.21. The Balaban J connectivity index is 1.12. The van der Waals surface area contributed by atoms with Gasteiger partial charge in [-0.3, -0.25) is 4.98 Å². The minimum absolute atomic E-state index is 1.11. The first-order valence-electron chi connectivity index (χ1n) is 22.0. The summed E-state index contributed by atoms with van der Waals surface area (Å²) < 4.78 is 0. The molecule has 0 spiro atoms. The molecular weight excluding hydrogens is 771 g/mol. The number of hydrogen-bond acceptors (Lipinski definition) is 1. The second-order valence-electron chi connectivity index (χ2n) is 16.7. The fourth-order valence-electron chi connectivity index (χ4n) is 9.74. The lowest BCUT2D eigenvalue weighted by atomic mass is 9.81. The molecular formula is C63H41N. The first-order valence-corrected chi connectivity index (χ1v) is 22.0. The molecule has 298 valence electrons. The zero-order valence-corrected chi connectivity index (χ0v) is 35.1. The summed E-state index contributed by atoms with van der Waals surface area (Å²) in [5, 5.41) is 7.57. The van der Waals surface area contributed by atoms with E-state index in [1.54, 1.807) is 0 Å². The summed E-state index contributed by atoms with van der Waals surface area (Å²) in [5.74, 6) is 0. The molecule has 11 aromatic carbocycles. The van der Waals surface area contributed by atoms with Crippen molar-refractivity contribution in [2.75, 3.05) is 0 Å². The second-order valence-corrected chi connectivity index (χ2v) is 16.7. The third-order valence-electron chi connectivity index (χ3n) is 13.0. The Kier molecular flexibility index (Phi) is 9.24. The summed E-state index contributed by atoms with van der Waals surface area (Å²) in [6.07, 6.45) is 3.76. The Morgan fingerprint density at radius 3 is 0.734 bits per heavy atom. The summed E-state index contributed by atoms with van der Waals surface area (Å²) in [4.78, 5) is 4.39. The van der Waals surface area contributed by atoms with E-state index in [2.05, 4.69) is 236 Å². The van der Waals surface area contributed by atoms with Crippen LogP contribution in [0.1, 0.15) is 0 Å². The lowest BCUT2D eigenvalue weighted by Gasteiger charge is -2.22. The average molecular weight is 812 g/mol. The third-order valence-corrected chi connectivity index (χ3v) is 13.0. The normalized spacial score (nSPS) is 11.4. The molecule has 12 aromatic rings. The molecule has 1 aromatic heterocycles. The van der Waals surface area contributed by atoms with Crippen LogP contribution < -0.4 is 0 Å². The lowest BCUT2D eigenvalue weighted by Crippen LogP contribution is -1.94. The Morgan fingerprint density at radius 1 is 0.203 bits per heavy atom. The van der Waals surface area contributed by atoms with Crippen LogP contribution in [-0.2, 0) is 0 Å². The van der Waals surface area contributed by atoms with Crippen LogP contribution in [0.5, 0.6) is 0 Å². The number of benzene rings is 11. The Labute approximate surface area is 373 Å². The van der Waals surface area contributed by atoms with Crippen molar-refractivity contribution in [2.45, 2.75) is 0 Å². The van der Waals surface area contributed by atoms with Crippen LogP contribution >= 0.6 is 0 Å². The maximum Gasteiger partial charge on any atom is 0.0346 e. The molecule has 0 fully saturated rings. The maximum atomic E-state index is 4.39. The second kappa shape index (κ2) is 15.8. The van der Waals surface area contributed by atoms with Crippen LogP contribution in [0.3, 0.4) is 0 Å². The average Bonchev–Trinajstić information content (AvgIpc) is 3.39. The molecule has 0 saturated heterocycles. The van der Waals surface area contributed by atoms with E-state index in [0.29, 0.717) is 0 Å². The van der Waals surface area contributed by atoms with E-state index in [1.807, 2.05) is 18.5 Å². The molecule has 64 heavy (non-hydrogen) atoms. The van der Waals surface area contributed by atoms with E-state index < -0.39 is 0 Å². The van der Waals surface area contributed by atoms with Gasteiger partial charge in [0.05, 0.1) is 0 Å². The van der Waals surface area contributed by atoms with Gasteiger partial charge in [-0.1, -0.05) is 218 Å². The van der Waals surface area contributed by atoms with Crippen molar-refractivity contribution in [3.8, 4) is 89.0 Å². The van der Waals surface area contributed by atoms with Crippen LogP contribution in [0.15, 0.2) is 249 Å². The van der Waals surface area contributed by atoms with E-state index in [1.165, 1.54) is 110 Å². The SMILES string of the molecule is c1ccc(-c2ccc(-c3cc(-c4ccc(-c5ccccc5)cc4)c4ccc5c(-c6ccc(-c7cccnc7)cc6)cc(-c6ccc(-c7ccccc7)cc6)c6ccc3c4c65)cc2)cc1. The van der Waals surface area contributed by atoms with Gasteiger partial charge in [-0.2, -0.15) is 0 Å². The van der Waals surface area contributed by atoms with Crippen molar-refractivity contribution in [3.05, 3.63) is 249 Å². The molecule has 1 heterocycles. The van der Waals surface area contributed by atoms with Gasteiger partial charge in [0.15, 0.2) is 0 Å². The van der Waals surface area contributed by atoms with Crippen molar-refractivity contribution in [1.82, 2.24) is 4.98 Å². The fourth-order valence-corrected chi connectivity index (χ4v) is 9.74. The van der Waals surface area contributed by atoms with Gasteiger partial charge in [0, 0.05) is 12.4 Å². The summed E-state index contributed by atoms with van der Waals surface area (Å²) >= 11 is 0. The molecule has 0 saturated carbocycles. The highest BCUT2D eigenvalue weighted by Crippen LogP contribution is 2.49. The van der Waals surface area contributed by atoms with Gasteiger partial charge in [0.25, 0.3) is 0 Å². The van der Waals surface area contributed by atoms with Crippen molar-refractivity contribution in [1.29, 1.82) is 0 Å². The van der Waals surface area contributed by atoms with Crippen molar-refractivity contribution in [2.24, 2.45) is 0 Å². The number of aromatic nitrogens is 1. The van der Waals surface area contributed by atoms with Crippen LogP contribution in [-0.4, -0.2) is 4.98 Å². The third kappa shape index (κ3) is 6.63. The largest absolute Gasteiger partial charge is 0.264 e. The van der Waals surface area contributed by atoms with E-state index in [4.69, 9.17) is 0 Å².